The third kappa shape index (κ3) is 3.22. The maximum absolute atomic E-state index is 6.52. The Balaban J connectivity index is 1.85. The van der Waals surface area contributed by atoms with Crippen molar-refractivity contribution in [3.05, 3.63) is 20.8 Å². The fraction of sp³-hybridized carbons (Fsp3) is 0.750. The van der Waals surface area contributed by atoms with Crippen molar-refractivity contribution in [2.75, 3.05) is 19.6 Å². The topological polar surface area (TPSA) is 32.5 Å². The van der Waals surface area contributed by atoms with E-state index in [4.69, 9.17) is 5.73 Å². The van der Waals surface area contributed by atoms with Gasteiger partial charge in [-0.05, 0) is 54.7 Å². The molecule has 2 aliphatic rings. The van der Waals surface area contributed by atoms with Crippen molar-refractivity contribution in [2.45, 2.75) is 57.3 Å². The molecule has 3 nitrogen and oxygen atoms in total. The molecule has 2 saturated heterocycles. The van der Waals surface area contributed by atoms with Crippen LogP contribution in [0.1, 0.15) is 44.0 Å². The summed E-state index contributed by atoms with van der Waals surface area (Å²) in [6.07, 6.45) is 3.74. The van der Waals surface area contributed by atoms with Gasteiger partial charge in [0.05, 0.1) is 6.04 Å². The highest BCUT2D eigenvalue weighted by Crippen LogP contribution is 2.36. The Labute approximate surface area is 140 Å². The van der Waals surface area contributed by atoms with Gasteiger partial charge in [-0.15, -0.1) is 11.3 Å². The predicted octanol–water partition coefficient (Wildman–Crippen LogP) is 3.46. The molecule has 0 aliphatic carbocycles. The van der Waals surface area contributed by atoms with E-state index in [0.717, 1.165) is 12.5 Å². The van der Waals surface area contributed by atoms with Crippen LogP contribution in [0.3, 0.4) is 0 Å². The first-order valence-corrected chi connectivity index (χ1v) is 9.76. The van der Waals surface area contributed by atoms with E-state index in [2.05, 4.69) is 51.0 Å². The highest BCUT2D eigenvalue weighted by molar-refractivity contribution is 9.10. The fourth-order valence-corrected chi connectivity index (χ4v) is 5.56. The molecule has 0 amide bonds. The molecule has 0 aromatic carbocycles. The van der Waals surface area contributed by atoms with Crippen LogP contribution >= 0.6 is 27.3 Å². The Kier molecular flexibility index (Phi) is 5.06. The molecule has 1 aromatic heterocycles. The lowest BCUT2D eigenvalue weighted by atomic mass is 9.97. The van der Waals surface area contributed by atoms with Crippen molar-refractivity contribution in [2.24, 2.45) is 5.73 Å². The van der Waals surface area contributed by atoms with Crippen LogP contribution in [0.5, 0.6) is 0 Å². The first-order valence-electron chi connectivity index (χ1n) is 8.09. The molecule has 4 unspecified atom stereocenters. The quantitative estimate of drug-likeness (QED) is 0.879. The smallest absolute Gasteiger partial charge is 0.0597 e. The van der Waals surface area contributed by atoms with E-state index in [9.17, 15) is 0 Å². The van der Waals surface area contributed by atoms with E-state index in [1.807, 2.05) is 11.3 Å². The third-order valence-electron chi connectivity index (χ3n) is 5.10. The zero-order valence-corrected chi connectivity index (χ0v) is 15.4. The fourth-order valence-electron chi connectivity index (χ4n) is 3.92. The van der Waals surface area contributed by atoms with Gasteiger partial charge in [-0.2, -0.15) is 0 Å². The number of hydrogen-bond acceptors (Lipinski definition) is 4. The lowest BCUT2D eigenvalue weighted by Gasteiger charge is -2.47. The summed E-state index contributed by atoms with van der Waals surface area (Å²) >= 11 is 5.44. The maximum Gasteiger partial charge on any atom is 0.0597 e. The average molecular weight is 372 g/mol. The molecule has 118 valence electrons. The van der Waals surface area contributed by atoms with E-state index < -0.39 is 0 Å². The number of nitrogens with two attached hydrogens (primary N) is 1. The van der Waals surface area contributed by atoms with Crippen molar-refractivity contribution < 1.29 is 0 Å². The van der Waals surface area contributed by atoms with E-state index in [1.165, 1.54) is 41.8 Å². The van der Waals surface area contributed by atoms with Crippen LogP contribution < -0.4 is 5.73 Å². The molecule has 3 rings (SSSR count). The summed E-state index contributed by atoms with van der Waals surface area (Å²) in [4.78, 5) is 6.77. The van der Waals surface area contributed by atoms with Gasteiger partial charge >= 0.3 is 0 Å². The second kappa shape index (κ2) is 6.67. The molecule has 0 saturated carbocycles. The van der Waals surface area contributed by atoms with Gasteiger partial charge in [0.1, 0.15) is 0 Å². The Morgan fingerprint density at radius 3 is 2.95 bits per heavy atom. The van der Waals surface area contributed by atoms with Gasteiger partial charge < -0.3 is 5.73 Å². The number of halogens is 1. The molecule has 1 aromatic rings. The molecule has 0 bridgehead atoms. The number of rotatable bonds is 4. The number of piperazine rings is 1. The second-order valence-electron chi connectivity index (χ2n) is 6.52. The molecule has 0 spiro atoms. The van der Waals surface area contributed by atoms with E-state index >= 15 is 0 Å². The van der Waals surface area contributed by atoms with Gasteiger partial charge in [0.25, 0.3) is 0 Å². The molecule has 5 heteroatoms. The summed E-state index contributed by atoms with van der Waals surface area (Å²) in [7, 11) is 0. The molecule has 2 N–H and O–H groups in total. The van der Waals surface area contributed by atoms with Crippen LogP contribution in [-0.4, -0.2) is 47.6 Å². The van der Waals surface area contributed by atoms with Crippen molar-refractivity contribution in [3.8, 4) is 0 Å². The van der Waals surface area contributed by atoms with E-state index in [0.29, 0.717) is 12.1 Å². The monoisotopic (exact) mass is 371 g/mol. The lowest BCUT2D eigenvalue weighted by Crippen LogP contribution is -2.58. The van der Waals surface area contributed by atoms with Gasteiger partial charge in [0, 0.05) is 45.9 Å². The molecular weight excluding hydrogens is 346 g/mol. The second-order valence-corrected chi connectivity index (χ2v) is 8.38. The van der Waals surface area contributed by atoms with Gasteiger partial charge in [0.2, 0.25) is 0 Å². The molecular formula is C16H26BrN3S. The summed E-state index contributed by atoms with van der Waals surface area (Å²) in [5.74, 6) is 0. The minimum Gasteiger partial charge on any atom is -0.326 e. The molecule has 3 heterocycles. The summed E-state index contributed by atoms with van der Waals surface area (Å²) in [5, 5.41) is 2.18. The number of fused-ring (bicyclic) bond motifs is 1. The Hall–Kier alpha value is 0.0600. The van der Waals surface area contributed by atoms with Crippen molar-refractivity contribution in [3.63, 3.8) is 0 Å². The number of thiophene rings is 1. The summed E-state index contributed by atoms with van der Waals surface area (Å²) < 4.78 is 1.18. The predicted molar refractivity (Wildman–Crippen MR) is 93.8 cm³/mol. The van der Waals surface area contributed by atoms with Crippen LogP contribution in [0.4, 0.5) is 0 Å². The minimum atomic E-state index is 0.214. The van der Waals surface area contributed by atoms with Crippen LogP contribution in [0.2, 0.25) is 0 Å². The molecule has 0 radical (unpaired) electrons. The van der Waals surface area contributed by atoms with Gasteiger partial charge in [-0.25, -0.2) is 0 Å². The average Bonchev–Trinajstić information content (AvgIpc) is 3.08. The van der Waals surface area contributed by atoms with Crippen molar-refractivity contribution in [1.82, 2.24) is 9.80 Å². The Morgan fingerprint density at radius 1 is 1.48 bits per heavy atom. The van der Waals surface area contributed by atoms with Gasteiger partial charge in [-0.3, -0.25) is 9.80 Å². The van der Waals surface area contributed by atoms with Crippen molar-refractivity contribution in [1.29, 1.82) is 0 Å². The van der Waals surface area contributed by atoms with Gasteiger partial charge in [0.15, 0.2) is 0 Å². The SMILES string of the molecule is CCC(N)C(c1cc(Br)cs1)N1CC2CCCN2CC1C. The number of hydrogen-bond donors (Lipinski definition) is 1. The highest BCUT2D eigenvalue weighted by atomic mass is 79.9. The molecule has 2 aliphatic heterocycles. The minimum absolute atomic E-state index is 0.214. The van der Waals surface area contributed by atoms with E-state index in [-0.39, 0.29) is 6.04 Å². The maximum atomic E-state index is 6.52. The molecule has 2 fully saturated rings. The van der Waals surface area contributed by atoms with Crippen LogP contribution in [0, 0.1) is 0 Å². The first kappa shape index (κ1) is 15.9. The zero-order valence-electron chi connectivity index (χ0n) is 13.0. The van der Waals surface area contributed by atoms with Crippen molar-refractivity contribution >= 4 is 27.3 Å². The molecule has 4 atom stereocenters. The zero-order chi connectivity index (χ0) is 15.0. The standard InChI is InChI=1S/C16H26BrN3S/c1-3-14(18)16(15-7-12(17)10-21-15)20-9-13-5-4-6-19(13)8-11(20)2/h7,10-11,13-14,16H,3-6,8-9,18H2,1-2H3. The Morgan fingerprint density at radius 2 is 2.29 bits per heavy atom. The van der Waals surface area contributed by atoms with Crippen LogP contribution in [0.25, 0.3) is 0 Å². The summed E-state index contributed by atoms with van der Waals surface area (Å²) in [5.41, 5.74) is 6.52. The lowest BCUT2D eigenvalue weighted by molar-refractivity contribution is 0.0195. The Bertz CT molecular complexity index is 478. The van der Waals surface area contributed by atoms with Gasteiger partial charge in [-0.1, -0.05) is 6.92 Å². The largest absolute Gasteiger partial charge is 0.326 e. The van der Waals surface area contributed by atoms with Crippen LogP contribution in [0.15, 0.2) is 15.9 Å². The first-order chi connectivity index (χ1) is 10.1. The normalized spacial score (nSPS) is 30.3. The highest BCUT2D eigenvalue weighted by Gasteiger charge is 2.39. The molecule has 21 heavy (non-hydrogen) atoms. The van der Waals surface area contributed by atoms with Crippen LogP contribution in [-0.2, 0) is 0 Å². The van der Waals surface area contributed by atoms with E-state index in [1.54, 1.807) is 0 Å². The number of nitrogens with zero attached hydrogens (tertiary/aromatic N) is 2. The third-order valence-corrected chi connectivity index (χ3v) is 6.86. The summed E-state index contributed by atoms with van der Waals surface area (Å²) in [6, 6.07) is 4.17. The summed E-state index contributed by atoms with van der Waals surface area (Å²) in [6.45, 7) is 8.24.